The van der Waals surface area contributed by atoms with Crippen LogP contribution in [0.2, 0.25) is 5.02 Å². The number of nitrogens with one attached hydrogen (secondary N) is 1. The molecular weight excluding hydrogens is 292 g/mol. The second-order valence-corrected chi connectivity index (χ2v) is 5.74. The van der Waals surface area contributed by atoms with Crippen LogP contribution < -0.4 is 14.8 Å². The molecule has 0 spiro atoms. The van der Waals surface area contributed by atoms with Gasteiger partial charge in [-0.05, 0) is 12.8 Å². The van der Waals surface area contributed by atoms with Gasteiger partial charge in [-0.3, -0.25) is 4.79 Å². The number of amides is 1. The van der Waals surface area contributed by atoms with Gasteiger partial charge in [0.15, 0.2) is 11.5 Å². The fourth-order valence-corrected chi connectivity index (χ4v) is 2.97. The second-order valence-electron chi connectivity index (χ2n) is 5.33. The number of fused-ring (bicyclic) bond motifs is 1. The van der Waals surface area contributed by atoms with Gasteiger partial charge in [0.05, 0.1) is 16.8 Å². The van der Waals surface area contributed by atoms with Crippen LogP contribution in [-0.2, 0) is 4.79 Å². The molecule has 1 amide bonds. The average molecular weight is 307 g/mol. The number of anilines is 1. The van der Waals surface area contributed by atoms with Gasteiger partial charge in [0.25, 0.3) is 0 Å². The van der Waals surface area contributed by atoms with E-state index in [0.717, 1.165) is 12.8 Å². The van der Waals surface area contributed by atoms with Crippen molar-refractivity contribution in [2.45, 2.75) is 25.7 Å². The Morgan fingerprint density at radius 2 is 1.86 bits per heavy atom. The van der Waals surface area contributed by atoms with Crippen LogP contribution in [0, 0.1) is 16.7 Å². The Morgan fingerprint density at radius 3 is 2.48 bits per heavy atom. The molecule has 1 aromatic carbocycles. The monoisotopic (exact) mass is 306 g/mol. The molecule has 5 nitrogen and oxygen atoms in total. The number of rotatable bonds is 2. The number of nitrogens with zero attached hydrogens (tertiary/aromatic N) is 1. The molecule has 0 radical (unpaired) electrons. The lowest BCUT2D eigenvalue weighted by Crippen LogP contribution is -2.32. The van der Waals surface area contributed by atoms with Crippen LogP contribution in [0.3, 0.4) is 0 Å². The molecule has 1 aliphatic carbocycles. The Morgan fingerprint density at radius 1 is 1.24 bits per heavy atom. The normalized spacial score (nSPS) is 18.9. The van der Waals surface area contributed by atoms with E-state index >= 15 is 0 Å². The average Bonchev–Trinajstić information content (AvgIpc) is 2.98. The molecule has 0 unspecified atom stereocenters. The molecule has 1 fully saturated rings. The summed E-state index contributed by atoms with van der Waals surface area (Å²) in [6.07, 6.45) is 2.99. The third-order valence-corrected chi connectivity index (χ3v) is 4.30. The smallest absolute Gasteiger partial charge is 0.244 e. The van der Waals surface area contributed by atoms with Gasteiger partial charge in [-0.25, -0.2) is 0 Å². The molecule has 1 aliphatic heterocycles. The van der Waals surface area contributed by atoms with Crippen molar-refractivity contribution < 1.29 is 14.3 Å². The van der Waals surface area contributed by atoms with Gasteiger partial charge in [-0.2, -0.15) is 5.26 Å². The Kier molecular flexibility index (Phi) is 3.64. The van der Waals surface area contributed by atoms with Crippen LogP contribution in [0.4, 0.5) is 5.69 Å². The first-order chi connectivity index (χ1) is 10.1. The molecular formula is C15H15ClN2O3. The number of nitriles is 1. The van der Waals surface area contributed by atoms with E-state index in [4.69, 9.17) is 21.1 Å². The number of hydrogen-bond acceptors (Lipinski definition) is 4. The first-order valence-corrected chi connectivity index (χ1v) is 7.34. The van der Waals surface area contributed by atoms with E-state index in [-0.39, 0.29) is 5.91 Å². The van der Waals surface area contributed by atoms with Gasteiger partial charge in [-0.15, -0.1) is 0 Å². The molecule has 0 atom stereocenters. The third kappa shape index (κ3) is 2.52. The lowest BCUT2D eigenvalue weighted by molar-refractivity contribution is -0.122. The first-order valence-electron chi connectivity index (χ1n) is 6.96. The molecule has 3 rings (SSSR count). The van der Waals surface area contributed by atoms with E-state index in [9.17, 15) is 10.1 Å². The highest BCUT2D eigenvalue weighted by atomic mass is 35.5. The summed E-state index contributed by atoms with van der Waals surface area (Å²) in [5, 5.41) is 12.5. The molecule has 0 aromatic heterocycles. The first kappa shape index (κ1) is 14.0. The van der Waals surface area contributed by atoms with Crippen molar-refractivity contribution in [3.05, 3.63) is 17.2 Å². The number of benzene rings is 1. The van der Waals surface area contributed by atoms with E-state index < -0.39 is 5.41 Å². The zero-order valence-electron chi connectivity index (χ0n) is 11.4. The lowest BCUT2D eigenvalue weighted by atomic mass is 9.87. The summed E-state index contributed by atoms with van der Waals surface area (Å²) in [5.74, 6) is 0.833. The summed E-state index contributed by atoms with van der Waals surface area (Å²) in [4.78, 5) is 12.4. The highest BCUT2D eigenvalue weighted by Gasteiger charge is 2.41. The molecule has 21 heavy (non-hydrogen) atoms. The van der Waals surface area contributed by atoms with Crippen molar-refractivity contribution in [3.8, 4) is 17.6 Å². The summed E-state index contributed by atoms with van der Waals surface area (Å²) in [5.41, 5.74) is -0.483. The standard InChI is InChI=1S/C15H15ClN2O3/c16-10-7-12-13(21-6-5-20-12)8-11(10)18-14(19)15(9-17)3-1-2-4-15/h7-8H,1-6H2,(H,18,19). The SMILES string of the molecule is N#CC1(C(=O)Nc2cc3c(cc2Cl)OCCO3)CCCC1. The molecule has 110 valence electrons. The summed E-state index contributed by atoms with van der Waals surface area (Å²) >= 11 is 6.17. The largest absolute Gasteiger partial charge is 0.486 e. The second kappa shape index (κ2) is 5.45. The van der Waals surface area contributed by atoms with Crippen molar-refractivity contribution in [1.29, 1.82) is 5.26 Å². The van der Waals surface area contributed by atoms with E-state index in [1.807, 2.05) is 0 Å². The van der Waals surface area contributed by atoms with Gasteiger partial charge in [-0.1, -0.05) is 24.4 Å². The van der Waals surface area contributed by atoms with Crippen LogP contribution in [0.25, 0.3) is 0 Å². The topological polar surface area (TPSA) is 71.4 Å². The van der Waals surface area contributed by atoms with E-state index in [0.29, 0.717) is 48.3 Å². The maximum atomic E-state index is 12.4. The van der Waals surface area contributed by atoms with Crippen LogP contribution in [0.15, 0.2) is 12.1 Å². The number of carbonyl (C=O) groups excluding carboxylic acids is 1. The van der Waals surface area contributed by atoms with E-state index in [1.54, 1.807) is 12.1 Å². The van der Waals surface area contributed by atoms with Crippen LogP contribution in [-0.4, -0.2) is 19.1 Å². The van der Waals surface area contributed by atoms with Crippen molar-refractivity contribution in [2.75, 3.05) is 18.5 Å². The maximum Gasteiger partial charge on any atom is 0.244 e. The quantitative estimate of drug-likeness (QED) is 0.911. The van der Waals surface area contributed by atoms with Crippen LogP contribution in [0.5, 0.6) is 11.5 Å². The molecule has 0 saturated heterocycles. The fraction of sp³-hybridized carbons (Fsp3) is 0.467. The summed E-state index contributed by atoms with van der Waals surface area (Å²) in [6, 6.07) is 5.44. The Hall–Kier alpha value is -1.93. The third-order valence-electron chi connectivity index (χ3n) is 3.99. The van der Waals surface area contributed by atoms with Crippen LogP contribution >= 0.6 is 11.6 Å². The van der Waals surface area contributed by atoms with Gasteiger partial charge in [0, 0.05) is 12.1 Å². The zero-order chi connectivity index (χ0) is 14.9. The summed E-state index contributed by atoms with van der Waals surface area (Å²) in [7, 11) is 0. The van der Waals surface area contributed by atoms with Gasteiger partial charge in [0.2, 0.25) is 5.91 Å². The molecule has 1 heterocycles. The maximum absolute atomic E-state index is 12.4. The molecule has 1 saturated carbocycles. The Bertz CT molecular complexity index is 618. The lowest BCUT2D eigenvalue weighted by Gasteiger charge is -2.22. The van der Waals surface area contributed by atoms with Crippen molar-refractivity contribution in [2.24, 2.45) is 5.41 Å². The predicted octanol–water partition coefficient (Wildman–Crippen LogP) is 3.13. The Balaban J connectivity index is 1.85. The zero-order valence-corrected chi connectivity index (χ0v) is 12.2. The minimum atomic E-state index is -0.934. The number of halogens is 1. The van der Waals surface area contributed by atoms with Crippen LogP contribution in [0.1, 0.15) is 25.7 Å². The summed E-state index contributed by atoms with van der Waals surface area (Å²) < 4.78 is 10.9. The molecule has 0 bridgehead atoms. The highest BCUT2D eigenvalue weighted by molar-refractivity contribution is 6.34. The van der Waals surface area contributed by atoms with Gasteiger partial charge >= 0.3 is 0 Å². The highest BCUT2D eigenvalue weighted by Crippen LogP contribution is 2.41. The van der Waals surface area contributed by atoms with Gasteiger partial charge < -0.3 is 14.8 Å². The van der Waals surface area contributed by atoms with Crippen molar-refractivity contribution >= 4 is 23.2 Å². The summed E-state index contributed by atoms with van der Waals surface area (Å²) in [6.45, 7) is 0.941. The van der Waals surface area contributed by atoms with E-state index in [1.165, 1.54) is 0 Å². The molecule has 1 N–H and O–H groups in total. The molecule has 6 heteroatoms. The van der Waals surface area contributed by atoms with E-state index in [2.05, 4.69) is 11.4 Å². The fourth-order valence-electron chi connectivity index (χ4n) is 2.77. The molecule has 2 aliphatic rings. The minimum Gasteiger partial charge on any atom is -0.486 e. The number of ether oxygens (including phenoxy) is 2. The van der Waals surface area contributed by atoms with Gasteiger partial charge in [0.1, 0.15) is 18.6 Å². The number of carbonyl (C=O) groups is 1. The predicted molar refractivity (Wildman–Crippen MR) is 77.6 cm³/mol. The number of hydrogen-bond donors (Lipinski definition) is 1. The van der Waals surface area contributed by atoms with Crippen molar-refractivity contribution in [1.82, 2.24) is 0 Å². The minimum absolute atomic E-state index is 0.291. The molecule has 1 aromatic rings. The Labute approximate surface area is 127 Å². The van der Waals surface area contributed by atoms with Crippen molar-refractivity contribution in [3.63, 3.8) is 0 Å².